The first-order chi connectivity index (χ1) is 8.16. The van der Waals surface area contributed by atoms with Gasteiger partial charge < -0.3 is 10.6 Å². The van der Waals surface area contributed by atoms with Crippen LogP contribution < -0.4 is 10.6 Å². The molecule has 5 heteroatoms. The third kappa shape index (κ3) is 3.87. The van der Waals surface area contributed by atoms with Crippen LogP contribution in [-0.2, 0) is 0 Å². The lowest BCUT2D eigenvalue weighted by molar-refractivity contribution is 0.0954. The Labute approximate surface area is 110 Å². The molecule has 0 saturated heterocycles. The maximum absolute atomic E-state index is 11.8. The predicted octanol–water partition coefficient (Wildman–Crippen LogP) is 2.48. The summed E-state index contributed by atoms with van der Waals surface area (Å²) in [5.74, 6) is -0.185. The van der Waals surface area contributed by atoms with Crippen LogP contribution in [0, 0.1) is 0 Å². The van der Waals surface area contributed by atoms with Crippen LogP contribution >= 0.6 is 23.2 Å². The van der Waals surface area contributed by atoms with E-state index in [4.69, 9.17) is 23.2 Å². The average Bonchev–Trinajstić information content (AvgIpc) is 3.11. The monoisotopic (exact) mass is 272 g/mol. The lowest BCUT2D eigenvalue weighted by atomic mass is 10.2. The van der Waals surface area contributed by atoms with E-state index in [9.17, 15) is 4.79 Å². The van der Waals surface area contributed by atoms with Gasteiger partial charge in [-0.2, -0.15) is 0 Å². The lowest BCUT2D eigenvalue weighted by Crippen LogP contribution is -2.32. The van der Waals surface area contributed by atoms with Crippen molar-refractivity contribution in [2.45, 2.75) is 18.9 Å². The molecule has 0 radical (unpaired) electrons. The first-order valence-electron chi connectivity index (χ1n) is 5.63. The van der Waals surface area contributed by atoms with E-state index in [1.54, 1.807) is 18.2 Å². The summed E-state index contributed by atoms with van der Waals surface area (Å²) in [5, 5.41) is 7.05. The van der Waals surface area contributed by atoms with E-state index < -0.39 is 0 Å². The average molecular weight is 273 g/mol. The van der Waals surface area contributed by atoms with Gasteiger partial charge in [-0.15, -0.1) is 0 Å². The summed E-state index contributed by atoms with van der Waals surface area (Å²) in [6, 6.07) is 5.52. The zero-order chi connectivity index (χ0) is 12.3. The highest BCUT2D eigenvalue weighted by Gasteiger charge is 2.19. The standard InChI is InChI=1S/C12H14Cl2N2O/c13-8-1-4-11(14)10(7-8)12(17)16-6-5-15-9-2-3-9/h1,4,7,9,15H,2-3,5-6H2,(H,16,17). The molecule has 0 unspecified atom stereocenters. The van der Waals surface area contributed by atoms with Crippen LogP contribution in [0.1, 0.15) is 23.2 Å². The van der Waals surface area contributed by atoms with Crippen molar-refractivity contribution >= 4 is 29.1 Å². The van der Waals surface area contributed by atoms with Crippen molar-refractivity contribution in [2.75, 3.05) is 13.1 Å². The van der Waals surface area contributed by atoms with Gasteiger partial charge in [0.2, 0.25) is 0 Å². The van der Waals surface area contributed by atoms with Crippen molar-refractivity contribution in [3.05, 3.63) is 33.8 Å². The molecular formula is C12H14Cl2N2O. The normalized spacial score (nSPS) is 14.7. The van der Waals surface area contributed by atoms with E-state index in [0.29, 0.717) is 28.2 Å². The van der Waals surface area contributed by atoms with Gasteiger partial charge >= 0.3 is 0 Å². The van der Waals surface area contributed by atoms with Gasteiger partial charge in [-0.3, -0.25) is 4.79 Å². The number of carbonyl (C=O) groups is 1. The molecule has 1 aliphatic carbocycles. The summed E-state index contributed by atoms with van der Waals surface area (Å²) in [6.45, 7) is 1.38. The Morgan fingerprint density at radius 3 is 2.76 bits per heavy atom. The van der Waals surface area contributed by atoms with Crippen molar-refractivity contribution in [2.24, 2.45) is 0 Å². The quantitative estimate of drug-likeness (QED) is 0.809. The van der Waals surface area contributed by atoms with Crippen molar-refractivity contribution in [1.29, 1.82) is 0 Å². The van der Waals surface area contributed by atoms with Crippen molar-refractivity contribution in [3.63, 3.8) is 0 Å². The Hall–Kier alpha value is -0.770. The summed E-state index contributed by atoms with van der Waals surface area (Å²) >= 11 is 11.8. The fourth-order valence-corrected chi connectivity index (χ4v) is 1.88. The largest absolute Gasteiger partial charge is 0.351 e. The van der Waals surface area contributed by atoms with Gasteiger partial charge in [-0.05, 0) is 31.0 Å². The second-order valence-corrected chi connectivity index (χ2v) is 4.95. The molecule has 1 fully saturated rings. The van der Waals surface area contributed by atoms with Gasteiger partial charge in [0.1, 0.15) is 0 Å². The van der Waals surface area contributed by atoms with Gasteiger partial charge in [-0.1, -0.05) is 23.2 Å². The minimum atomic E-state index is -0.185. The number of halogens is 2. The maximum Gasteiger partial charge on any atom is 0.252 e. The van der Waals surface area contributed by atoms with Crippen LogP contribution in [0.3, 0.4) is 0 Å². The van der Waals surface area contributed by atoms with Gasteiger partial charge in [0.15, 0.2) is 0 Å². The topological polar surface area (TPSA) is 41.1 Å². The highest BCUT2D eigenvalue weighted by Crippen LogP contribution is 2.20. The summed E-state index contributed by atoms with van der Waals surface area (Å²) in [6.07, 6.45) is 2.49. The molecule has 3 nitrogen and oxygen atoms in total. The van der Waals surface area contributed by atoms with Crippen molar-refractivity contribution in [1.82, 2.24) is 10.6 Å². The molecule has 0 aliphatic heterocycles. The molecule has 0 spiro atoms. The van der Waals surface area contributed by atoms with Crippen molar-refractivity contribution < 1.29 is 4.79 Å². The van der Waals surface area contributed by atoms with Crippen LogP contribution in [-0.4, -0.2) is 25.0 Å². The van der Waals surface area contributed by atoms with E-state index in [1.165, 1.54) is 12.8 Å². The zero-order valence-corrected chi connectivity index (χ0v) is 10.8. The molecule has 92 valence electrons. The van der Waals surface area contributed by atoms with Gasteiger partial charge in [0.05, 0.1) is 10.6 Å². The molecule has 0 atom stereocenters. The van der Waals surface area contributed by atoms with Crippen LogP contribution in [0.15, 0.2) is 18.2 Å². The molecular weight excluding hydrogens is 259 g/mol. The molecule has 1 saturated carbocycles. The number of carbonyl (C=O) groups excluding carboxylic acids is 1. The molecule has 0 heterocycles. The molecule has 2 rings (SSSR count). The van der Waals surface area contributed by atoms with Gasteiger partial charge in [-0.25, -0.2) is 0 Å². The maximum atomic E-state index is 11.8. The molecule has 1 amide bonds. The first kappa shape index (κ1) is 12.7. The summed E-state index contributed by atoms with van der Waals surface area (Å²) < 4.78 is 0. The summed E-state index contributed by atoms with van der Waals surface area (Å²) in [7, 11) is 0. The van der Waals surface area contributed by atoms with Gasteiger partial charge in [0, 0.05) is 24.2 Å². The van der Waals surface area contributed by atoms with E-state index in [0.717, 1.165) is 6.54 Å². The zero-order valence-electron chi connectivity index (χ0n) is 9.30. The molecule has 1 aliphatic rings. The molecule has 2 N–H and O–H groups in total. The third-order valence-corrected chi connectivity index (χ3v) is 3.16. The number of rotatable bonds is 5. The number of amides is 1. The Morgan fingerprint density at radius 1 is 1.29 bits per heavy atom. The molecule has 0 aromatic heterocycles. The Kier molecular flexibility index (Phi) is 4.26. The number of benzene rings is 1. The van der Waals surface area contributed by atoms with Crippen LogP contribution in [0.25, 0.3) is 0 Å². The van der Waals surface area contributed by atoms with Crippen LogP contribution in [0.2, 0.25) is 10.0 Å². The Balaban J connectivity index is 1.82. The van der Waals surface area contributed by atoms with E-state index in [1.807, 2.05) is 0 Å². The fourth-order valence-electron chi connectivity index (χ4n) is 1.51. The van der Waals surface area contributed by atoms with Gasteiger partial charge in [0.25, 0.3) is 5.91 Å². The number of hydrogen-bond donors (Lipinski definition) is 2. The Bertz CT molecular complexity index is 419. The molecule has 1 aromatic rings. The second-order valence-electron chi connectivity index (χ2n) is 4.11. The highest BCUT2D eigenvalue weighted by atomic mass is 35.5. The minimum absolute atomic E-state index is 0.185. The van der Waals surface area contributed by atoms with Crippen molar-refractivity contribution in [3.8, 4) is 0 Å². The van der Waals surface area contributed by atoms with E-state index >= 15 is 0 Å². The van der Waals surface area contributed by atoms with Crippen LogP contribution in [0.4, 0.5) is 0 Å². The minimum Gasteiger partial charge on any atom is -0.351 e. The van der Waals surface area contributed by atoms with E-state index in [-0.39, 0.29) is 5.91 Å². The number of hydrogen-bond acceptors (Lipinski definition) is 2. The fraction of sp³-hybridized carbons (Fsp3) is 0.417. The molecule has 0 bridgehead atoms. The summed E-state index contributed by atoms with van der Waals surface area (Å²) in [5.41, 5.74) is 0.422. The highest BCUT2D eigenvalue weighted by molar-refractivity contribution is 6.35. The second kappa shape index (κ2) is 5.71. The third-order valence-electron chi connectivity index (χ3n) is 2.59. The predicted molar refractivity (Wildman–Crippen MR) is 69.8 cm³/mol. The van der Waals surface area contributed by atoms with Crippen LogP contribution in [0.5, 0.6) is 0 Å². The molecule has 17 heavy (non-hydrogen) atoms. The first-order valence-corrected chi connectivity index (χ1v) is 6.39. The lowest BCUT2D eigenvalue weighted by Gasteiger charge is -2.07. The SMILES string of the molecule is O=C(NCCNC1CC1)c1cc(Cl)ccc1Cl. The Morgan fingerprint density at radius 2 is 2.06 bits per heavy atom. The molecule has 1 aromatic carbocycles. The van der Waals surface area contributed by atoms with E-state index in [2.05, 4.69) is 10.6 Å². The smallest absolute Gasteiger partial charge is 0.252 e. The summed E-state index contributed by atoms with van der Waals surface area (Å²) in [4.78, 5) is 11.8. The number of nitrogens with one attached hydrogen (secondary N) is 2.